The molecule has 0 amide bonds. The maximum absolute atomic E-state index is 6.25. The molecule has 0 aliphatic heterocycles. The van der Waals surface area contributed by atoms with E-state index >= 15 is 0 Å². The predicted molar refractivity (Wildman–Crippen MR) is 74.0 cm³/mol. The van der Waals surface area contributed by atoms with Crippen LogP contribution in [0.5, 0.6) is 0 Å². The van der Waals surface area contributed by atoms with Crippen molar-refractivity contribution < 1.29 is 4.74 Å². The Hall–Kier alpha value is -0.770. The maximum Gasteiger partial charge on any atom is 0.0637 e. The van der Waals surface area contributed by atoms with E-state index in [1.807, 2.05) is 13.1 Å². The average molecular weight is 257 g/mol. The zero-order valence-electron chi connectivity index (χ0n) is 10.8. The normalized spacial score (nSPS) is 10.6. The largest absolute Gasteiger partial charge is 0.383 e. The lowest BCUT2D eigenvalue weighted by Gasteiger charge is -2.19. The number of rotatable bonds is 7. The molecule has 0 atom stereocenters. The highest BCUT2D eigenvalue weighted by Crippen LogP contribution is 2.22. The van der Waals surface area contributed by atoms with Crippen molar-refractivity contribution >= 4 is 17.3 Å². The molecule has 4 heteroatoms. The van der Waals surface area contributed by atoms with Crippen molar-refractivity contribution in [3.8, 4) is 0 Å². The van der Waals surface area contributed by atoms with E-state index in [1.54, 1.807) is 7.11 Å². The molecule has 1 aromatic rings. The van der Waals surface area contributed by atoms with Crippen LogP contribution in [0.4, 0.5) is 5.69 Å². The van der Waals surface area contributed by atoms with Crippen LogP contribution in [0.15, 0.2) is 18.2 Å². The molecule has 1 N–H and O–H groups in total. The van der Waals surface area contributed by atoms with Gasteiger partial charge in [0.15, 0.2) is 0 Å². The maximum atomic E-state index is 6.25. The lowest BCUT2D eigenvalue weighted by molar-refractivity contribution is 0.206. The molecule has 0 heterocycles. The van der Waals surface area contributed by atoms with Crippen LogP contribution in [0.25, 0.3) is 0 Å². The smallest absolute Gasteiger partial charge is 0.0637 e. The summed E-state index contributed by atoms with van der Waals surface area (Å²) in [5, 5.41) is 4.08. The van der Waals surface area contributed by atoms with Gasteiger partial charge in [0.1, 0.15) is 0 Å². The summed E-state index contributed by atoms with van der Waals surface area (Å²) in [6.07, 6.45) is 0. The molecule has 3 nitrogen and oxygen atoms in total. The van der Waals surface area contributed by atoms with E-state index in [-0.39, 0.29) is 0 Å². The number of hydrogen-bond donors (Lipinski definition) is 1. The quantitative estimate of drug-likeness (QED) is 0.812. The third-order valence-electron chi connectivity index (χ3n) is 2.67. The standard InChI is InChI=1S/C13H21ClN2O/c1-4-15-10-11-5-6-12(9-13(11)14)16(2)7-8-17-3/h5-6,9,15H,4,7-8,10H2,1-3H3. The molecule has 1 rings (SSSR count). The van der Waals surface area contributed by atoms with Crippen molar-refractivity contribution in [2.75, 3.05) is 38.8 Å². The van der Waals surface area contributed by atoms with Crippen molar-refractivity contribution in [3.05, 3.63) is 28.8 Å². The summed E-state index contributed by atoms with van der Waals surface area (Å²) in [5.41, 5.74) is 2.25. The molecule has 0 unspecified atom stereocenters. The van der Waals surface area contributed by atoms with E-state index in [0.717, 1.165) is 35.9 Å². The first kappa shape index (κ1) is 14.3. The number of benzene rings is 1. The number of methoxy groups -OCH3 is 1. The lowest BCUT2D eigenvalue weighted by Crippen LogP contribution is -2.22. The van der Waals surface area contributed by atoms with Crippen LogP contribution >= 0.6 is 11.6 Å². The van der Waals surface area contributed by atoms with Crippen molar-refractivity contribution in [1.29, 1.82) is 0 Å². The first-order valence-corrected chi connectivity index (χ1v) is 6.26. The summed E-state index contributed by atoms with van der Waals surface area (Å²) < 4.78 is 5.06. The summed E-state index contributed by atoms with van der Waals surface area (Å²) >= 11 is 6.25. The number of halogens is 1. The zero-order chi connectivity index (χ0) is 12.7. The SMILES string of the molecule is CCNCc1ccc(N(C)CCOC)cc1Cl. The molecule has 0 radical (unpaired) electrons. The van der Waals surface area contributed by atoms with Crippen LogP contribution < -0.4 is 10.2 Å². The highest BCUT2D eigenvalue weighted by molar-refractivity contribution is 6.31. The van der Waals surface area contributed by atoms with Crippen LogP contribution in [0.1, 0.15) is 12.5 Å². The minimum Gasteiger partial charge on any atom is -0.383 e. The summed E-state index contributed by atoms with van der Waals surface area (Å²) in [4.78, 5) is 2.13. The highest BCUT2D eigenvalue weighted by Gasteiger charge is 2.05. The number of nitrogens with one attached hydrogen (secondary N) is 1. The van der Waals surface area contributed by atoms with E-state index in [0.29, 0.717) is 6.61 Å². The molecule has 0 spiro atoms. The molecular weight excluding hydrogens is 236 g/mol. The minimum atomic E-state index is 0.716. The zero-order valence-corrected chi connectivity index (χ0v) is 11.5. The molecule has 96 valence electrons. The van der Waals surface area contributed by atoms with Gasteiger partial charge in [-0.15, -0.1) is 0 Å². The van der Waals surface area contributed by atoms with E-state index in [1.165, 1.54) is 0 Å². The molecule has 0 aliphatic rings. The number of hydrogen-bond acceptors (Lipinski definition) is 3. The molecule has 0 saturated carbocycles. The number of anilines is 1. The van der Waals surface area contributed by atoms with Gasteiger partial charge >= 0.3 is 0 Å². The third-order valence-corrected chi connectivity index (χ3v) is 3.03. The second-order valence-corrected chi connectivity index (χ2v) is 4.38. The first-order chi connectivity index (χ1) is 8.19. The summed E-state index contributed by atoms with van der Waals surface area (Å²) in [6, 6.07) is 6.17. The minimum absolute atomic E-state index is 0.716. The molecule has 0 aliphatic carbocycles. The van der Waals surface area contributed by atoms with Gasteiger partial charge in [0.05, 0.1) is 6.61 Å². The summed E-state index contributed by atoms with van der Waals surface area (Å²) in [7, 11) is 3.75. The van der Waals surface area contributed by atoms with Gasteiger partial charge in [0.25, 0.3) is 0 Å². The van der Waals surface area contributed by atoms with Crippen LogP contribution in [0, 0.1) is 0 Å². The summed E-state index contributed by atoms with van der Waals surface area (Å²) in [6.45, 7) is 5.43. The van der Waals surface area contributed by atoms with Crippen molar-refractivity contribution in [2.24, 2.45) is 0 Å². The Labute approximate surface area is 109 Å². The van der Waals surface area contributed by atoms with Gasteiger partial charge in [0, 0.05) is 38.0 Å². The molecule has 1 aromatic carbocycles. The molecule has 0 aromatic heterocycles. The average Bonchev–Trinajstić information content (AvgIpc) is 2.34. The summed E-state index contributed by atoms with van der Waals surface area (Å²) in [5.74, 6) is 0. The van der Waals surface area contributed by atoms with Gasteiger partial charge in [-0.25, -0.2) is 0 Å². The number of ether oxygens (including phenoxy) is 1. The third kappa shape index (κ3) is 4.54. The van der Waals surface area contributed by atoms with Gasteiger partial charge in [-0.1, -0.05) is 24.6 Å². The van der Waals surface area contributed by atoms with Gasteiger partial charge in [-0.2, -0.15) is 0 Å². The van der Waals surface area contributed by atoms with Gasteiger partial charge in [-0.05, 0) is 24.2 Å². The molecule has 0 fully saturated rings. The van der Waals surface area contributed by atoms with Crippen LogP contribution in [-0.4, -0.2) is 33.9 Å². The van der Waals surface area contributed by atoms with Crippen LogP contribution in [0.2, 0.25) is 5.02 Å². The van der Waals surface area contributed by atoms with Gasteiger partial charge in [0.2, 0.25) is 0 Å². The Morgan fingerprint density at radius 2 is 2.18 bits per heavy atom. The fourth-order valence-electron chi connectivity index (χ4n) is 1.53. The second-order valence-electron chi connectivity index (χ2n) is 3.97. The van der Waals surface area contributed by atoms with Gasteiger partial charge < -0.3 is 15.0 Å². The Morgan fingerprint density at radius 3 is 2.76 bits per heavy atom. The van der Waals surface area contributed by atoms with Crippen molar-refractivity contribution in [1.82, 2.24) is 5.32 Å². The predicted octanol–water partition coefficient (Wildman–Crippen LogP) is 2.53. The monoisotopic (exact) mass is 256 g/mol. The van der Waals surface area contributed by atoms with Crippen LogP contribution in [0.3, 0.4) is 0 Å². The Morgan fingerprint density at radius 1 is 1.41 bits per heavy atom. The van der Waals surface area contributed by atoms with E-state index in [4.69, 9.17) is 16.3 Å². The van der Waals surface area contributed by atoms with E-state index < -0.39 is 0 Å². The molecule has 0 saturated heterocycles. The van der Waals surface area contributed by atoms with E-state index in [9.17, 15) is 0 Å². The Kier molecular flexibility index (Phi) is 6.34. The van der Waals surface area contributed by atoms with E-state index in [2.05, 4.69) is 29.3 Å². The topological polar surface area (TPSA) is 24.5 Å². The molecule has 0 bridgehead atoms. The Balaban J connectivity index is 2.67. The molecular formula is C13H21ClN2O. The number of nitrogens with zero attached hydrogens (tertiary/aromatic N) is 1. The lowest BCUT2D eigenvalue weighted by atomic mass is 10.2. The highest BCUT2D eigenvalue weighted by atomic mass is 35.5. The van der Waals surface area contributed by atoms with Crippen molar-refractivity contribution in [3.63, 3.8) is 0 Å². The van der Waals surface area contributed by atoms with Gasteiger partial charge in [-0.3, -0.25) is 0 Å². The fourth-order valence-corrected chi connectivity index (χ4v) is 1.78. The van der Waals surface area contributed by atoms with Crippen LogP contribution in [-0.2, 0) is 11.3 Å². The first-order valence-electron chi connectivity index (χ1n) is 5.88. The van der Waals surface area contributed by atoms with Crippen molar-refractivity contribution in [2.45, 2.75) is 13.5 Å². The fraction of sp³-hybridized carbons (Fsp3) is 0.538. The second kappa shape index (κ2) is 7.54. The molecule has 17 heavy (non-hydrogen) atoms. The number of likely N-dealkylation sites (N-methyl/N-ethyl adjacent to an activating group) is 1. The Bertz CT molecular complexity index is 344.